The molecule has 1 aliphatic heterocycles. The molecule has 1 heterocycles. The van der Waals surface area contributed by atoms with Crippen molar-refractivity contribution in [1.29, 1.82) is 0 Å². The van der Waals surface area contributed by atoms with Crippen molar-refractivity contribution in [3.05, 3.63) is 29.8 Å². The summed E-state index contributed by atoms with van der Waals surface area (Å²) in [6, 6.07) is 7.17. The Kier molecular flexibility index (Phi) is 6.98. The zero-order valence-electron chi connectivity index (χ0n) is 15.2. The molecule has 6 nitrogen and oxygen atoms in total. The average Bonchev–Trinajstić information content (AvgIpc) is 2.98. The first-order valence-corrected chi connectivity index (χ1v) is 10.3. The third-order valence-electron chi connectivity index (χ3n) is 4.45. The van der Waals surface area contributed by atoms with Crippen molar-refractivity contribution in [1.82, 2.24) is 9.84 Å². The fraction of sp³-hybridized carbons (Fsp3) is 0.611. The van der Waals surface area contributed by atoms with Gasteiger partial charge in [-0.05, 0) is 70.2 Å². The Morgan fingerprint density at radius 2 is 2.00 bits per heavy atom. The van der Waals surface area contributed by atoms with Gasteiger partial charge in [-0.25, -0.2) is 13.4 Å². The van der Waals surface area contributed by atoms with Gasteiger partial charge in [-0.15, -0.1) is 4.83 Å². The minimum Gasteiger partial charge on any atom is -0.494 e. The number of nitrogens with zero attached hydrogens (tertiary/aromatic N) is 1. The third-order valence-corrected chi connectivity index (χ3v) is 6.20. The Balaban J connectivity index is 1.67. The molecule has 1 N–H and O–H groups in total. The van der Waals surface area contributed by atoms with Crippen LogP contribution in [0.5, 0.6) is 5.75 Å². The quantitative estimate of drug-likeness (QED) is 0.536. The van der Waals surface area contributed by atoms with E-state index in [2.05, 4.69) is 4.83 Å². The van der Waals surface area contributed by atoms with Gasteiger partial charge in [0.05, 0.1) is 11.9 Å². The molecular weight excluding hydrogens is 340 g/mol. The Hall–Kier alpha value is -1.44. The van der Waals surface area contributed by atoms with Crippen LogP contribution in [0, 0.1) is 5.92 Å². The Labute approximate surface area is 150 Å². The van der Waals surface area contributed by atoms with Crippen molar-refractivity contribution in [3.63, 3.8) is 0 Å². The van der Waals surface area contributed by atoms with Gasteiger partial charge < -0.3 is 4.74 Å². The molecule has 0 radical (unpaired) electrons. The van der Waals surface area contributed by atoms with Gasteiger partial charge in [-0.1, -0.05) is 0 Å². The van der Waals surface area contributed by atoms with Crippen LogP contribution in [0.3, 0.4) is 0 Å². The maximum absolute atomic E-state index is 11.9. The summed E-state index contributed by atoms with van der Waals surface area (Å²) < 4.78 is 29.5. The van der Waals surface area contributed by atoms with Crippen LogP contribution in [0.15, 0.2) is 24.3 Å². The standard InChI is InChI=1S/C18H28N2O4S/c1-14(2)25(22,23)19-20-11-10-16(13-20)5-4-12-24-18-8-6-17(7-9-18)15(3)21/h6-9,14,16,19H,4-5,10-13H2,1-3H3/t16-/m1/s1. The molecule has 1 aliphatic rings. The second-order valence-corrected chi connectivity index (χ2v) is 9.07. The van der Waals surface area contributed by atoms with Gasteiger partial charge in [0.15, 0.2) is 5.78 Å². The molecule has 2 rings (SSSR count). The van der Waals surface area contributed by atoms with Crippen molar-refractivity contribution in [2.75, 3.05) is 19.7 Å². The summed E-state index contributed by atoms with van der Waals surface area (Å²) >= 11 is 0. The maximum Gasteiger partial charge on any atom is 0.226 e. The highest BCUT2D eigenvalue weighted by atomic mass is 32.2. The maximum atomic E-state index is 11.9. The van der Waals surface area contributed by atoms with Crippen LogP contribution in [-0.4, -0.2) is 44.2 Å². The number of hydrazine groups is 1. The summed E-state index contributed by atoms with van der Waals surface area (Å²) in [5.41, 5.74) is 0.683. The molecule has 1 atom stereocenters. The molecule has 25 heavy (non-hydrogen) atoms. The van der Waals surface area contributed by atoms with Gasteiger partial charge in [-0.2, -0.15) is 0 Å². The van der Waals surface area contributed by atoms with Crippen molar-refractivity contribution in [3.8, 4) is 5.75 Å². The predicted octanol–water partition coefficient (Wildman–Crippen LogP) is 2.61. The van der Waals surface area contributed by atoms with Crippen molar-refractivity contribution in [2.45, 2.75) is 45.3 Å². The van der Waals surface area contributed by atoms with Crippen LogP contribution >= 0.6 is 0 Å². The molecule has 0 bridgehead atoms. The summed E-state index contributed by atoms with van der Waals surface area (Å²) in [6.07, 6.45) is 2.92. The van der Waals surface area contributed by atoms with Crippen LogP contribution < -0.4 is 9.57 Å². The normalized spacial score (nSPS) is 18.6. The highest BCUT2D eigenvalue weighted by molar-refractivity contribution is 7.90. The van der Waals surface area contributed by atoms with Gasteiger partial charge in [0.25, 0.3) is 0 Å². The number of Topliss-reactive ketones (excluding diaryl/α,β-unsaturated/α-hetero) is 1. The number of ketones is 1. The van der Waals surface area contributed by atoms with Gasteiger partial charge in [0.2, 0.25) is 10.0 Å². The molecule has 140 valence electrons. The Morgan fingerprint density at radius 3 is 2.60 bits per heavy atom. The molecule has 1 aromatic carbocycles. The van der Waals surface area contributed by atoms with Crippen LogP contribution in [-0.2, 0) is 10.0 Å². The minimum absolute atomic E-state index is 0.0467. The highest BCUT2D eigenvalue weighted by Gasteiger charge is 2.26. The van der Waals surface area contributed by atoms with E-state index >= 15 is 0 Å². The summed E-state index contributed by atoms with van der Waals surface area (Å²) in [4.78, 5) is 13.9. The molecule has 0 aliphatic carbocycles. The first kappa shape index (κ1) is 19.9. The molecular formula is C18H28N2O4S. The second-order valence-electron chi connectivity index (χ2n) is 6.86. The number of rotatable bonds is 9. The van der Waals surface area contributed by atoms with Crippen molar-refractivity contribution < 1.29 is 17.9 Å². The van der Waals surface area contributed by atoms with Crippen molar-refractivity contribution >= 4 is 15.8 Å². The molecule has 0 spiro atoms. The number of nitrogens with one attached hydrogen (secondary N) is 1. The van der Waals surface area contributed by atoms with E-state index in [0.717, 1.165) is 38.1 Å². The Bertz CT molecular complexity index is 671. The monoisotopic (exact) mass is 368 g/mol. The van der Waals surface area contributed by atoms with E-state index in [0.29, 0.717) is 18.1 Å². The molecule has 0 unspecified atom stereocenters. The molecule has 0 saturated carbocycles. The number of carbonyl (C=O) groups excluding carboxylic acids is 1. The molecule has 1 fully saturated rings. The number of carbonyl (C=O) groups is 1. The molecule has 7 heteroatoms. The first-order chi connectivity index (χ1) is 11.8. The van der Waals surface area contributed by atoms with E-state index in [1.54, 1.807) is 37.9 Å². The van der Waals surface area contributed by atoms with Crippen LogP contribution in [0.1, 0.15) is 50.4 Å². The molecule has 1 aromatic rings. The topological polar surface area (TPSA) is 75.7 Å². The molecule has 0 aromatic heterocycles. The zero-order valence-corrected chi connectivity index (χ0v) is 16.0. The number of ether oxygens (including phenoxy) is 1. The van der Waals surface area contributed by atoms with Gasteiger partial charge >= 0.3 is 0 Å². The summed E-state index contributed by atoms with van der Waals surface area (Å²) in [6.45, 7) is 7.02. The lowest BCUT2D eigenvalue weighted by Gasteiger charge is -2.19. The number of hydrogen-bond donors (Lipinski definition) is 1. The highest BCUT2D eigenvalue weighted by Crippen LogP contribution is 2.21. The smallest absolute Gasteiger partial charge is 0.226 e. The van der Waals surface area contributed by atoms with E-state index in [1.165, 1.54) is 0 Å². The lowest BCUT2D eigenvalue weighted by atomic mass is 10.0. The number of hydrogen-bond acceptors (Lipinski definition) is 5. The number of benzene rings is 1. The van der Waals surface area contributed by atoms with Crippen LogP contribution in [0.2, 0.25) is 0 Å². The van der Waals surface area contributed by atoms with Crippen LogP contribution in [0.25, 0.3) is 0 Å². The number of sulfonamides is 1. The second kappa shape index (κ2) is 8.78. The van der Waals surface area contributed by atoms with Crippen molar-refractivity contribution in [2.24, 2.45) is 5.92 Å². The minimum atomic E-state index is -3.25. The first-order valence-electron chi connectivity index (χ1n) is 8.78. The summed E-state index contributed by atoms with van der Waals surface area (Å²) in [5, 5.41) is 1.38. The third kappa shape index (κ3) is 6.09. The molecule has 1 saturated heterocycles. The van der Waals surface area contributed by atoms with Gasteiger partial charge in [0.1, 0.15) is 5.75 Å². The van der Waals surface area contributed by atoms with E-state index in [4.69, 9.17) is 4.74 Å². The average molecular weight is 368 g/mol. The lowest BCUT2D eigenvalue weighted by Crippen LogP contribution is -2.43. The van der Waals surface area contributed by atoms with E-state index in [-0.39, 0.29) is 5.78 Å². The summed E-state index contributed by atoms with van der Waals surface area (Å²) in [7, 11) is -3.25. The van der Waals surface area contributed by atoms with Crippen LogP contribution in [0.4, 0.5) is 0 Å². The SMILES string of the molecule is CC(=O)c1ccc(OCCC[C@@H]2CCN(NS(=O)(=O)C(C)C)C2)cc1. The molecule has 0 amide bonds. The summed E-state index contributed by atoms with van der Waals surface area (Å²) in [5.74, 6) is 1.30. The fourth-order valence-electron chi connectivity index (χ4n) is 2.78. The zero-order chi connectivity index (χ0) is 18.4. The fourth-order valence-corrected chi connectivity index (χ4v) is 3.52. The van der Waals surface area contributed by atoms with E-state index in [9.17, 15) is 13.2 Å². The van der Waals surface area contributed by atoms with E-state index < -0.39 is 15.3 Å². The van der Waals surface area contributed by atoms with E-state index in [1.807, 2.05) is 12.1 Å². The lowest BCUT2D eigenvalue weighted by molar-refractivity contribution is 0.101. The Morgan fingerprint density at radius 1 is 1.32 bits per heavy atom. The predicted molar refractivity (Wildman–Crippen MR) is 98.0 cm³/mol. The van der Waals surface area contributed by atoms with Gasteiger partial charge in [-0.3, -0.25) is 4.79 Å². The van der Waals surface area contributed by atoms with Gasteiger partial charge in [0, 0.05) is 18.7 Å². The largest absolute Gasteiger partial charge is 0.494 e.